The van der Waals surface area contributed by atoms with Crippen LogP contribution in [-0.2, 0) is 0 Å². The van der Waals surface area contributed by atoms with E-state index in [4.69, 9.17) is 0 Å². The molecule has 3 nitrogen and oxygen atoms in total. The number of rotatable bonds is 2. The van der Waals surface area contributed by atoms with Crippen LogP contribution in [0.4, 0.5) is 5.69 Å². The number of anilines is 1. The van der Waals surface area contributed by atoms with Crippen LogP contribution in [0, 0.1) is 11.3 Å². The number of nitrogens with zero attached hydrogens (tertiary/aromatic N) is 3. The number of nitriles is 1. The van der Waals surface area contributed by atoms with E-state index in [1.807, 2.05) is 12.1 Å². The van der Waals surface area contributed by atoms with Gasteiger partial charge in [-0.3, -0.25) is 4.90 Å². The summed E-state index contributed by atoms with van der Waals surface area (Å²) in [6, 6.07) is 15.5. The smallest absolute Gasteiger partial charge is 0.0998 e. The molecule has 1 aliphatic heterocycles. The van der Waals surface area contributed by atoms with Crippen molar-refractivity contribution in [3.8, 4) is 6.07 Å². The maximum Gasteiger partial charge on any atom is 0.0998 e. The average Bonchev–Trinajstić information content (AvgIpc) is 3.39. The van der Waals surface area contributed by atoms with Crippen LogP contribution in [-0.4, -0.2) is 37.1 Å². The van der Waals surface area contributed by atoms with Crippen LogP contribution in [0.5, 0.6) is 0 Å². The maximum atomic E-state index is 9.27. The van der Waals surface area contributed by atoms with E-state index in [-0.39, 0.29) is 0 Å². The maximum absolute atomic E-state index is 9.27. The minimum Gasteiger partial charge on any atom is -0.368 e. The van der Waals surface area contributed by atoms with Gasteiger partial charge in [-0.25, -0.2) is 0 Å². The molecule has 1 aliphatic carbocycles. The summed E-state index contributed by atoms with van der Waals surface area (Å²) in [5, 5.41) is 11.5. The summed E-state index contributed by atoms with van der Waals surface area (Å²) in [5.41, 5.74) is 2.05. The van der Waals surface area contributed by atoms with Gasteiger partial charge >= 0.3 is 0 Å². The Labute approximate surface area is 125 Å². The SMILES string of the molecule is N#Cc1ccc(N2CCN(C3CC3)CC2)c2ccccc12. The molecule has 1 saturated heterocycles. The Morgan fingerprint density at radius 2 is 1.62 bits per heavy atom. The van der Waals surface area contributed by atoms with Gasteiger partial charge in [0.05, 0.1) is 11.6 Å². The third kappa shape index (κ3) is 2.26. The van der Waals surface area contributed by atoms with E-state index in [0.29, 0.717) is 0 Å². The molecule has 2 aromatic carbocycles. The summed E-state index contributed by atoms with van der Waals surface area (Å²) >= 11 is 0. The van der Waals surface area contributed by atoms with E-state index in [1.165, 1.54) is 37.0 Å². The minimum absolute atomic E-state index is 0.769. The van der Waals surface area contributed by atoms with Crippen molar-refractivity contribution in [2.24, 2.45) is 0 Å². The van der Waals surface area contributed by atoms with Gasteiger partial charge in [0.2, 0.25) is 0 Å². The van der Waals surface area contributed by atoms with Gasteiger partial charge in [0.25, 0.3) is 0 Å². The standard InChI is InChI=1S/C18H19N3/c19-13-14-5-8-18(17-4-2-1-3-16(14)17)21-11-9-20(10-12-21)15-6-7-15/h1-5,8,15H,6-7,9-12H2. The first-order chi connectivity index (χ1) is 10.4. The zero-order chi connectivity index (χ0) is 14.2. The summed E-state index contributed by atoms with van der Waals surface area (Å²) in [6.45, 7) is 4.51. The van der Waals surface area contributed by atoms with Crippen molar-refractivity contribution in [2.45, 2.75) is 18.9 Å². The molecule has 0 spiro atoms. The molecule has 0 amide bonds. The van der Waals surface area contributed by atoms with Crippen LogP contribution in [0.2, 0.25) is 0 Å². The summed E-state index contributed by atoms with van der Waals surface area (Å²) in [4.78, 5) is 5.10. The number of benzene rings is 2. The van der Waals surface area contributed by atoms with Gasteiger partial charge in [0.15, 0.2) is 0 Å². The predicted octanol–water partition coefficient (Wildman–Crippen LogP) is 3.00. The van der Waals surface area contributed by atoms with Crippen LogP contribution >= 0.6 is 0 Å². The molecule has 2 aromatic rings. The van der Waals surface area contributed by atoms with E-state index >= 15 is 0 Å². The predicted molar refractivity (Wildman–Crippen MR) is 85.5 cm³/mol. The Bertz CT molecular complexity index is 704. The molecular formula is C18H19N3. The van der Waals surface area contributed by atoms with E-state index in [9.17, 15) is 5.26 Å². The van der Waals surface area contributed by atoms with E-state index in [2.05, 4.69) is 40.1 Å². The normalized spacial score (nSPS) is 19.7. The Morgan fingerprint density at radius 3 is 2.29 bits per heavy atom. The molecule has 0 atom stereocenters. The summed E-state index contributed by atoms with van der Waals surface area (Å²) in [7, 11) is 0. The molecule has 106 valence electrons. The Kier molecular flexibility index (Phi) is 3.05. The Balaban J connectivity index is 1.66. The molecule has 0 N–H and O–H groups in total. The number of hydrogen-bond donors (Lipinski definition) is 0. The van der Waals surface area contributed by atoms with Crippen molar-refractivity contribution in [2.75, 3.05) is 31.1 Å². The first-order valence-corrected chi connectivity index (χ1v) is 7.77. The second-order valence-electron chi connectivity index (χ2n) is 6.04. The first kappa shape index (κ1) is 12.7. The molecule has 0 radical (unpaired) electrons. The molecule has 4 rings (SSSR count). The lowest BCUT2D eigenvalue weighted by Crippen LogP contribution is -2.47. The van der Waals surface area contributed by atoms with Crippen molar-refractivity contribution < 1.29 is 0 Å². The van der Waals surface area contributed by atoms with Gasteiger partial charge in [-0.1, -0.05) is 24.3 Å². The average molecular weight is 277 g/mol. The van der Waals surface area contributed by atoms with Gasteiger partial charge in [-0.15, -0.1) is 0 Å². The van der Waals surface area contributed by atoms with Gasteiger partial charge in [-0.2, -0.15) is 5.26 Å². The van der Waals surface area contributed by atoms with E-state index in [0.717, 1.165) is 30.1 Å². The van der Waals surface area contributed by atoms with Crippen LogP contribution in [0.25, 0.3) is 10.8 Å². The molecule has 0 unspecified atom stereocenters. The van der Waals surface area contributed by atoms with Crippen molar-refractivity contribution in [3.63, 3.8) is 0 Å². The summed E-state index contributed by atoms with van der Waals surface area (Å²) in [5.74, 6) is 0. The van der Waals surface area contributed by atoms with Gasteiger partial charge < -0.3 is 4.90 Å². The van der Waals surface area contributed by atoms with E-state index in [1.54, 1.807) is 0 Å². The fraction of sp³-hybridized carbons (Fsp3) is 0.389. The first-order valence-electron chi connectivity index (χ1n) is 7.77. The summed E-state index contributed by atoms with van der Waals surface area (Å²) in [6.07, 6.45) is 2.78. The fourth-order valence-corrected chi connectivity index (χ4v) is 3.42. The highest BCUT2D eigenvalue weighted by Gasteiger charge is 2.31. The van der Waals surface area contributed by atoms with Crippen LogP contribution in [0.1, 0.15) is 18.4 Å². The molecule has 0 bridgehead atoms. The third-order valence-electron chi connectivity index (χ3n) is 4.74. The number of fused-ring (bicyclic) bond motifs is 1. The molecular weight excluding hydrogens is 258 g/mol. The lowest BCUT2D eigenvalue weighted by atomic mass is 10.0. The van der Waals surface area contributed by atoms with Crippen molar-refractivity contribution >= 4 is 16.5 Å². The van der Waals surface area contributed by atoms with E-state index < -0.39 is 0 Å². The van der Waals surface area contributed by atoms with Crippen molar-refractivity contribution in [1.29, 1.82) is 5.26 Å². The van der Waals surface area contributed by atoms with Crippen molar-refractivity contribution in [1.82, 2.24) is 4.90 Å². The third-order valence-corrected chi connectivity index (χ3v) is 4.74. The van der Waals surface area contributed by atoms with Gasteiger partial charge in [0.1, 0.15) is 0 Å². The van der Waals surface area contributed by atoms with Crippen LogP contribution in [0.3, 0.4) is 0 Å². The summed E-state index contributed by atoms with van der Waals surface area (Å²) < 4.78 is 0. The number of piperazine rings is 1. The fourth-order valence-electron chi connectivity index (χ4n) is 3.42. The van der Waals surface area contributed by atoms with Crippen LogP contribution in [0.15, 0.2) is 36.4 Å². The largest absolute Gasteiger partial charge is 0.368 e. The highest BCUT2D eigenvalue weighted by Crippen LogP contribution is 2.32. The second-order valence-corrected chi connectivity index (χ2v) is 6.04. The quantitative estimate of drug-likeness (QED) is 0.845. The second kappa shape index (κ2) is 5.05. The highest BCUT2D eigenvalue weighted by molar-refractivity contribution is 5.97. The Hall–Kier alpha value is -2.05. The molecule has 0 aromatic heterocycles. The monoisotopic (exact) mass is 277 g/mol. The van der Waals surface area contributed by atoms with Gasteiger partial charge in [-0.05, 0) is 25.0 Å². The number of hydrogen-bond acceptors (Lipinski definition) is 3. The Morgan fingerprint density at radius 1 is 0.905 bits per heavy atom. The molecule has 1 saturated carbocycles. The van der Waals surface area contributed by atoms with Crippen molar-refractivity contribution in [3.05, 3.63) is 42.0 Å². The zero-order valence-electron chi connectivity index (χ0n) is 12.1. The lowest BCUT2D eigenvalue weighted by Gasteiger charge is -2.36. The molecule has 2 fully saturated rings. The minimum atomic E-state index is 0.769. The molecule has 21 heavy (non-hydrogen) atoms. The highest BCUT2D eigenvalue weighted by atomic mass is 15.3. The topological polar surface area (TPSA) is 30.3 Å². The molecule has 3 heteroatoms. The van der Waals surface area contributed by atoms with Crippen LogP contribution < -0.4 is 4.90 Å². The van der Waals surface area contributed by atoms with Gasteiger partial charge in [0, 0.05) is 48.7 Å². The zero-order valence-corrected chi connectivity index (χ0v) is 12.1. The molecule has 2 aliphatic rings. The lowest BCUT2D eigenvalue weighted by molar-refractivity contribution is 0.248. The molecule has 1 heterocycles.